The van der Waals surface area contributed by atoms with Gasteiger partial charge in [-0.05, 0) is 68.5 Å². The van der Waals surface area contributed by atoms with Gasteiger partial charge < -0.3 is 25.0 Å². The first-order chi connectivity index (χ1) is 21.4. The number of carbonyl (C=O) groups is 1. The molecule has 1 aromatic carbocycles. The largest absolute Gasteiger partial charge is 0.450 e. The molecular formula is C32H36N8O4. The number of rotatable bonds is 7. The van der Waals surface area contributed by atoms with Crippen molar-refractivity contribution in [3.63, 3.8) is 0 Å². The van der Waals surface area contributed by atoms with Crippen LogP contribution < -0.4 is 15.8 Å². The van der Waals surface area contributed by atoms with Gasteiger partial charge in [-0.2, -0.15) is 4.98 Å². The standard InChI is InChI=1S/C32H36N8O4/c1-3-15-39-29(42)24-20-33-30(34-22-6-8-23(9-7-22)37-16-18-38(19-17-37)31(43)44-4-2)36-28(24)40(39)25-10-5-21-11-12-32(13-14-32)27(41)26(21)35-25/h3,5-10,20,27,41H,1,4,11-19H2,2H3,(H,33,34,36). The molecule has 1 spiro atoms. The number of benzene rings is 1. The van der Waals surface area contributed by atoms with Gasteiger partial charge in [0.2, 0.25) is 5.95 Å². The fourth-order valence-corrected chi connectivity index (χ4v) is 6.41. The number of amides is 1. The fourth-order valence-electron chi connectivity index (χ4n) is 6.41. The monoisotopic (exact) mass is 596 g/mol. The summed E-state index contributed by atoms with van der Waals surface area (Å²) < 4.78 is 8.37. The number of allylic oxidation sites excluding steroid dienone is 1. The molecule has 0 radical (unpaired) electrons. The molecule has 228 valence electrons. The van der Waals surface area contributed by atoms with Crippen molar-refractivity contribution in [1.29, 1.82) is 0 Å². The number of aromatic nitrogens is 5. The Morgan fingerprint density at radius 2 is 1.89 bits per heavy atom. The van der Waals surface area contributed by atoms with Crippen LogP contribution in [0.1, 0.15) is 43.5 Å². The Hall–Kier alpha value is -4.71. The van der Waals surface area contributed by atoms with Crippen molar-refractivity contribution in [2.75, 3.05) is 43.0 Å². The second-order valence-corrected chi connectivity index (χ2v) is 11.7. The van der Waals surface area contributed by atoms with E-state index in [0.717, 1.165) is 55.7 Å². The maximum Gasteiger partial charge on any atom is 0.409 e. The molecule has 2 N–H and O–H groups in total. The van der Waals surface area contributed by atoms with Crippen LogP contribution in [0, 0.1) is 5.41 Å². The summed E-state index contributed by atoms with van der Waals surface area (Å²) in [7, 11) is 0. The molecular weight excluding hydrogens is 560 g/mol. The van der Waals surface area contributed by atoms with Crippen molar-refractivity contribution in [2.45, 2.75) is 45.3 Å². The van der Waals surface area contributed by atoms with Gasteiger partial charge in [-0.25, -0.2) is 24.1 Å². The van der Waals surface area contributed by atoms with E-state index in [1.165, 1.54) is 6.20 Å². The molecule has 3 aliphatic rings. The van der Waals surface area contributed by atoms with E-state index in [2.05, 4.69) is 21.8 Å². The van der Waals surface area contributed by atoms with Gasteiger partial charge in [-0.1, -0.05) is 12.1 Å². The molecule has 1 saturated heterocycles. The number of nitrogens with zero attached hydrogens (tertiary/aromatic N) is 7. The molecule has 1 saturated carbocycles. The highest BCUT2D eigenvalue weighted by Gasteiger charge is 2.52. The minimum absolute atomic E-state index is 0.0516. The Bertz CT molecular complexity index is 1780. The maximum absolute atomic E-state index is 13.4. The first-order valence-corrected chi connectivity index (χ1v) is 15.2. The van der Waals surface area contributed by atoms with Gasteiger partial charge in [0, 0.05) is 49.2 Å². The second-order valence-electron chi connectivity index (χ2n) is 11.7. The van der Waals surface area contributed by atoms with E-state index in [1.807, 2.05) is 43.3 Å². The SMILES string of the molecule is C=CCn1c(=O)c2cnc(Nc3ccc(N4CCN(C(=O)OCC)CC4)cc3)nc2n1-c1ccc2c(n1)C(O)C1(CC2)CC1. The summed E-state index contributed by atoms with van der Waals surface area (Å²) in [5.74, 6) is 0.860. The number of ether oxygens (including phenoxy) is 1. The number of aliphatic hydroxyl groups excluding tert-OH is 1. The predicted molar refractivity (Wildman–Crippen MR) is 167 cm³/mol. The second kappa shape index (κ2) is 11.1. The molecule has 7 rings (SSSR count). The lowest BCUT2D eigenvalue weighted by atomic mass is 9.82. The van der Waals surface area contributed by atoms with E-state index < -0.39 is 6.10 Å². The zero-order valence-electron chi connectivity index (χ0n) is 24.8. The van der Waals surface area contributed by atoms with E-state index in [4.69, 9.17) is 14.7 Å². The number of aliphatic hydroxyl groups is 1. The van der Waals surface area contributed by atoms with E-state index in [0.29, 0.717) is 48.2 Å². The van der Waals surface area contributed by atoms with Gasteiger partial charge in [-0.15, -0.1) is 6.58 Å². The van der Waals surface area contributed by atoms with Crippen molar-refractivity contribution in [3.8, 4) is 5.82 Å². The lowest BCUT2D eigenvalue weighted by molar-refractivity contribution is 0.0734. The number of hydrogen-bond donors (Lipinski definition) is 2. The van der Waals surface area contributed by atoms with Crippen molar-refractivity contribution >= 4 is 34.4 Å². The number of aryl methyl sites for hydroxylation is 1. The number of nitrogens with one attached hydrogen (secondary N) is 1. The molecule has 3 aromatic heterocycles. The number of anilines is 3. The number of hydrogen-bond acceptors (Lipinski definition) is 9. The third kappa shape index (κ3) is 4.88. The van der Waals surface area contributed by atoms with Gasteiger partial charge in [0.05, 0.1) is 18.8 Å². The van der Waals surface area contributed by atoms with E-state index in [1.54, 1.807) is 20.3 Å². The average Bonchev–Trinajstić information content (AvgIpc) is 3.78. The maximum atomic E-state index is 13.4. The van der Waals surface area contributed by atoms with Gasteiger partial charge in [0.15, 0.2) is 11.5 Å². The van der Waals surface area contributed by atoms with E-state index >= 15 is 0 Å². The zero-order valence-corrected chi connectivity index (χ0v) is 24.8. The molecule has 1 unspecified atom stereocenters. The number of pyridine rings is 1. The topological polar surface area (TPSA) is 131 Å². The lowest BCUT2D eigenvalue weighted by Crippen LogP contribution is -2.49. The highest BCUT2D eigenvalue weighted by atomic mass is 16.6. The molecule has 0 bridgehead atoms. The molecule has 4 heterocycles. The summed E-state index contributed by atoms with van der Waals surface area (Å²) in [6.07, 6.45) is 6.23. The van der Waals surface area contributed by atoms with Crippen LogP contribution in [0.4, 0.5) is 22.1 Å². The Balaban J connectivity index is 1.15. The minimum Gasteiger partial charge on any atom is -0.450 e. The highest BCUT2D eigenvalue weighted by molar-refractivity contribution is 5.77. The number of carbonyl (C=O) groups excluding carboxylic acids is 1. The third-order valence-corrected chi connectivity index (χ3v) is 9.11. The van der Waals surface area contributed by atoms with Gasteiger partial charge in [0.25, 0.3) is 5.56 Å². The quantitative estimate of drug-likeness (QED) is 0.305. The van der Waals surface area contributed by atoms with E-state index in [-0.39, 0.29) is 23.6 Å². The van der Waals surface area contributed by atoms with E-state index in [9.17, 15) is 14.7 Å². The first-order valence-electron chi connectivity index (χ1n) is 15.2. The van der Waals surface area contributed by atoms with Crippen molar-refractivity contribution in [1.82, 2.24) is 29.2 Å². The summed E-state index contributed by atoms with van der Waals surface area (Å²) in [4.78, 5) is 43.5. The molecule has 1 aliphatic heterocycles. The van der Waals surface area contributed by atoms with Gasteiger partial charge in [-0.3, -0.25) is 4.79 Å². The van der Waals surface area contributed by atoms with Crippen LogP contribution in [-0.4, -0.2) is 73.2 Å². The van der Waals surface area contributed by atoms with Crippen LogP contribution in [-0.2, 0) is 17.7 Å². The first kappa shape index (κ1) is 28.1. The van der Waals surface area contributed by atoms with Crippen molar-refractivity contribution in [2.24, 2.45) is 5.41 Å². The van der Waals surface area contributed by atoms with Crippen LogP contribution in [0.5, 0.6) is 0 Å². The van der Waals surface area contributed by atoms with Gasteiger partial charge in [0.1, 0.15) is 11.5 Å². The van der Waals surface area contributed by atoms with Crippen LogP contribution in [0.2, 0.25) is 0 Å². The Kier molecular flexibility index (Phi) is 7.08. The average molecular weight is 597 g/mol. The fraction of sp³-hybridized carbons (Fsp3) is 0.406. The molecule has 2 fully saturated rings. The molecule has 44 heavy (non-hydrogen) atoms. The van der Waals surface area contributed by atoms with Crippen molar-refractivity contribution < 1.29 is 14.6 Å². The lowest BCUT2D eigenvalue weighted by Gasteiger charge is -2.35. The Morgan fingerprint density at radius 3 is 2.59 bits per heavy atom. The molecule has 12 heteroatoms. The molecule has 4 aromatic rings. The highest BCUT2D eigenvalue weighted by Crippen LogP contribution is 2.60. The molecule has 1 atom stereocenters. The molecule has 12 nitrogen and oxygen atoms in total. The Morgan fingerprint density at radius 1 is 1.11 bits per heavy atom. The normalized spacial score (nSPS) is 18.7. The predicted octanol–water partition coefficient (Wildman–Crippen LogP) is 3.95. The van der Waals surface area contributed by atoms with Crippen LogP contribution in [0.15, 0.2) is 60.0 Å². The molecule has 1 amide bonds. The summed E-state index contributed by atoms with van der Waals surface area (Å²) in [5, 5.41) is 14.8. The van der Waals surface area contributed by atoms with Crippen LogP contribution in [0.25, 0.3) is 16.9 Å². The minimum atomic E-state index is -0.608. The van der Waals surface area contributed by atoms with Crippen LogP contribution in [0.3, 0.4) is 0 Å². The van der Waals surface area contributed by atoms with Crippen molar-refractivity contribution in [3.05, 3.63) is 76.9 Å². The van der Waals surface area contributed by atoms with Crippen LogP contribution >= 0.6 is 0 Å². The summed E-state index contributed by atoms with van der Waals surface area (Å²) in [6.45, 7) is 8.95. The summed E-state index contributed by atoms with van der Waals surface area (Å²) >= 11 is 0. The molecule has 2 aliphatic carbocycles. The van der Waals surface area contributed by atoms with Gasteiger partial charge >= 0.3 is 6.09 Å². The summed E-state index contributed by atoms with van der Waals surface area (Å²) in [6, 6.07) is 11.8. The third-order valence-electron chi connectivity index (χ3n) is 9.11. The smallest absolute Gasteiger partial charge is 0.409 e. The Labute approximate surface area is 254 Å². The number of piperazine rings is 1. The number of fused-ring (bicyclic) bond motifs is 2. The summed E-state index contributed by atoms with van der Waals surface area (Å²) in [5.41, 5.74) is 3.72. The zero-order chi connectivity index (χ0) is 30.4.